The minimum atomic E-state index is -0.0793. The summed E-state index contributed by atoms with van der Waals surface area (Å²) in [6.07, 6.45) is 1.94. The fourth-order valence-corrected chi connectivity index (χ4v) is 5.48. The molecule has 128 valence electrons. The molecule has 1 aliphatic rings. The molecule has 6 nitrogen and oxygen atoms in total. The van der Waals surface area contributed by atoms with Gasteiger partial charge in [0.2, 0.25) is 5.91 Å². The molecule has 3 rings (SSSR count). The van der Waals surface area contributed by atoms with Gasteiger partial charge in [-0.15, -0.1) is 21.5 Å². The first kappa shape index (κ1) is 17.4. The van der Waals surface area contributed by atoms with E-state index in [0.29, 0.717) is 10.6 Å². The van der Waals surface area contributed by atoms with E-state index in [0.717, 1.165) is 33.6 Å². The van der Waals surface area contributed by atoms with Crippen molar-refractivity contribution in [3.05, 3.63) is 26.9 Å². The average Bonchev–Trinajstić information content (AvgIpc) is 3.31. The molecule has 0 bridgehead atoms. The largest absolute Gasteiger partial charge is 0.354 e. The van der Waals surface area contributed by atoms with Crippen LogP contribution in [0.25, 0.3) is 0 Å². The number of hydrogen-bond acceptors (Lipinski definition) is 7. The van der Waals surface area contributed by atoms with E-state index in [4.69, 9.17) is 0 Å². The zero-order valence-corrected chi connectivity index (χ0v) is 15.9. The molecule has 0 aromatic carbocycles. The summed E-state index contributed by atoms with van der Waals surface area (Å²) >= 11 is 4.42. The highest BCUT2D eigenvalue weighted by Crippen LogP contribution is 2.36. The van der Waals surface area contributed by atoms with E-state index < -0.39 is 0 Å². The highest BCUT2D eigenvalue weighted by molar-refractivity contribution is 8.01. The van der Waals surface area contributed by atoms with Crippen LogP contribution in [-0.4, -0.2) is 46.3 Å². The van der Waals surface area contributed by atoms with Gasteiger partial charge in [0.25, 0.3) is 5.91 Å². The highest BCUT2D eigenvalue weighted by atomic mass is 32.2. The predicted octanol–water partition coefficient (Wildman–Crippen LogP) is 2.72. The Hall–Kier alpha value is -1.45. The smallest absolute Gasteiger partial charge is 0.261 e. The third-order valence-corrected chi connectivity index (χ3v) is 6.95. The number of thioether (sulfide) groups is 1. The molecule has 2 amide bonds. The zero-order chi connectivity index (χ0) is 17.1. The summed E-state index contributed by atoms with van der Waals surface area (Å²) < 4.78 is 0.828. The lowest BCUT2D eigenvalue weighted by Gasteiger charge is -2.23. The first-order valence-electron chi connectivity index (χ1n) is 7.62. The van der Waals surface area contributed by atoms with Crippen LogP contribution in [0.4, 0.5) is 0 Å². The van der Waals surface area contributed by atoms with Gasteiger partial charge in [-0.1, -0.05) is 23.1 Å². The molecule has 3 heterocycles. The lowest BCUT2D eigenvalue weighted by Crippen LogP contribution is -2.31. The van der Waals surface area contributed by atoms with Crippen molar-refractivity contribution in [2.24, 2.45) is 0 Å². The van der Waals surface area contributed by atoms with Crippen molar-refractivity contribution >= 4 is 46.2 Å². The zero-order valence-electron chi connectivity index (χ0n) is 13.4. The van der Waals surface area contributed by atoms with Crippen LogP contribution in [0.15, 0.2) is 16.5 Å². The summed E-state index contributed by atoms with van der Waals surface area (Å²) in [5, 5.41) is 11.6. The SMILES string of the molecule is CNC(=O)c1ccc([C@@H]2CCCN2C(=O)CSc2nnc(C)s2)s1. The monoisotopic (exact) mass is 382 g/mol. The second-order valence-electron chi connectivity index (χ2n) is 5.40. The van der Waals surface area contributed by atoms with Crippen LogP contribution in [0.5, 0.6) is 0 Å². The number of nitrogens with zero attached hydrogens (tertiary/aromatic N) is 3. The summed E-state index contributed by atoms with van der Waals surface area (Å²) in [5.41, 5.74) is 0. The predicted molar refractivity (Wildman–Crippen MR) is 96.8 cm³/mol. The first-order valence-corrected chi connectivity index (χ1v) is 10.2. The van der Waals surface area contributed by atoms with Gasteiger partial charge in [-0.25, -0.2) is 0 Å². The van der Waals surface area contributed by atoms with Gasteiger partial charge in [-0.3, -0.25) is 9.59 Å². The Labute approximate surface area is 152 Å². The number of carbonyl (C=O) groups is 2. The lowest BCUT2D eigenvalue weighted by atomic mass is 10.2. The molecule has 1 atom stereocenters. The van der Waals surface area contributed by atoms with Crippen LogP contribution in [0.3, 0.4) is 0 Å². The summed E-state index contributed by atoms with van der Waals surface area (Å²) in [7, 11) is 1.62. The number of rotatable bonds is 5. The minimum absolute atomic E-state index is 0.0793. The molecule has 9 heteroatoms. The molecule has 2 aromatic heterocycles. The molecule has 1 fully saturated rings. The maximum absolute atomic E-state index is 12.6. The fourth-order valence-electron chi connectivity index (χ4n) is 2.68. The van der Waals surface area contributed by atoms with Gasteiger partial charge in [0.05, 0.1) is 16.7 Å². The van der Waals surface area contributed by atoms with Crippen LogP contribution in [0, 0.1) is 6.92 Å². The minimum Gasteiger partial charge on any atom is -0.354 e. The van der Waals surface area contributed by atoms with Gasteiger partial charge in [0, 0.05) is 18.5 Å². The van der Waals surface area contributed by atoms with Crippen LogP contribution in [0.2, 0.25) is 0 Å². The number of hydrogen-bond donors (Lipinski definition) is 1. The summed E-state index contributed by atoms with van der Waals surface area (Å²) in [4.78, 5) is 28.0. The maximum Gasteiger partial charge on any atom is 0.261 e. The van der Waals surface area contributed by atoms with Crippen LogP contribution in [0.1, 0.15) is 38.4 Å². The Balaban J connectivity index is 1.65. The first-order chi connectivity index (χ1) is 11.6. The van der Waals surface area contributed by atoms with E-state index in [2.05, 4.69) is 15.5 Å². The quantitative estimate of drug-likeness (QED) is 0.805. The molecule has 24 heavy (non-hydrogen) atoms. The number of aromatic nitrogens is 2. The molecule has 1 saturated heterocycles. The van der Waals surface area contributed by atoms with Crippen molar-refractivity contribution in [1.82, 2.24) is 20.4 Å². The standard InChI is InChI=1S/C15H18N4O2S3/c1-9-17-18-15(23-9)22-8-13(20)19-7-3-4-10(19)11-5-6-12(24-11)14(21)16-2/h5-6,10H,3-4,7-8H2,1-2H3,(H,16,21)/t10-/m0/s1. The second kappa shape index (κ2) is 7.62. The maximum atomic E-state index is 12.6. The van der Waals surface area contributed by atoms with Gasteiger partial charge >= 0.3 is 0 Å². The summed E-state index contributed by atoms with van der Waals surface area (Å²) in [6, 6.07) is 3.88. The average molecular weight is 383 g/mol. The Morgan fingerprint density at radius 1 is 1.38 bits per heavy atom. The van der Waals surface area contributed by atoms with Gasteiger partial charge < -0.3 is 10.2 Å². The lowest BCUT2D eigenvalue weighted by molar-refractivity contribution is -0.129. The van der Waals surface area contributed by atoms with Crippen molar-refractivity contribution in [3.63, 3.8) is 0 Å². The normalized spacial score (nSPS) is 17.2. The Morgan fingerprint density at radius 2 is 2.21 bits per heavy atom. The Morgan fingerprint density at radius 3 is 2.92 bits per heavy atom. The molecule has 0 spiro atoms. The molecular weight excluding hydrogens is 364 g/mol. The van der Waals surface area contributed by atoms with Crippen molar-refractivity contribution in [3.8, 4) is 0 Å². The van der Waals surface area contributed by atoms with Gasteiger partial charge in [-0.05, 0) is 31.9 Å². The molecule has 2 aromatic rings. The van der Waals surface area contributed by atoms with Crippen LogP contribution < -0.4 is 5.32 Å². The van der Waals surface area contributed by atoms with Crippen LogP contribution in [-0.2, 0) is 4.79 Å². The van der Waals surface area contributed by atoms with E-state index in [1.54, 1.807) is 7.05 Å². The van der Waals surface area contributed by atoms with Crippen molar-refractivity contribution in [1.29, 1.82) is 0 Å². The number of nitrogens with one attached hydrogen (secondary N) is 1. The van der Waals surface area contributed by atoms with Crippen molar-refractivity contribution in [2.75, 3.05) is 19.3 Å². The third-order valence-electron chi connectivity index (χ3n) is 3.81. The number of thiophene rings is 1. The topological polar surface area (TPSA) is 75.2 Å². The molecule has 0 unspecified atom stereocenters. The van der Waals surface area contributed by atoms with Crippen LogP contribution >= 0.6 is 34.4 Å². The molecule has 0 radical (unpaired) electrons. The fraction of sp³-hybridized carbons (Fsp3) is 0.467. The number of likely N-dealkylation sites (tertiary alicyclic amines) is 1. The van der Waals surface area contributed by atoms with E-state index in [1.807, 2.05) is 24.0 Å². The number of aryl methyl sites for hydroxylation is 1. The molecular formula is C15H18N4O2S3. The Kier molecular flexibility index (Phi) is 5.52. The van der Waals surface area contributed by atoms with E-state index in [9.17, 15) is 9.59 Å². The van der Waals surface area contributed by atoms with Gasteiger partial charge in [0.1, 0.15) is 5.01 Å². The van der Waals surface area contributed by atoms with E-state index in [-0.39, 0.29) is 17.9 Å². The highest BCUT2D eigenvalue weighted by Gasteiger charge is 2.31. The van der Waals surface area contributed by atoms with Gasteiger partial charge in [-0.2, -0.15) is 0 Å². The van der Waals surface area contributed by atoms with Crippen molar-refractivity contribution in [2.45, 2.75) is 30.1 Å². The molecule has 1 N–H and O–H groups in total. The molecule has 0 aliphatic carbocycles. The number of amides is 2. The van der Waals surface area contributed by atoms with E-state index in [1.165, 1.54) is 34.4 Å². The summed E-state index contributed by atoms with van der Waals surface area (Å²) in [6.45, 7) is 2.67. The van der Waals surface area contributed by atoms with Crippen molar-refractivity contribution < 1.29 is 9.59 Å². The molecule has 1 aliphatic heterocycles. The molecule has 0 saturated carbocycles. The summed E-state index contributed by atoms with van der Waals surface area (Å²) in [5.74, 6) is 0.410. The van der Waals surface area contributed by atoms with Gasteiger partial charge in [0.15, 0.2) is 4.34 Å². The van der Waals surface area contributed by atoms with E-state index >= 15 is 0 Å². The third kappa shape index (κ3) is 3.79. The number of carbonyl (C=O) groups excluding carboxylic acids is 2. The Bertz CT molecular complexity index is 743. The second-order valence-corrected chi connectivity index (χ2v) is 8.92.